The molecule has 0 saturated heterocycles. The van der Waals surface area contributed by atoms with Gasteiger partial charge < -0.3 is 14.1 Å². The second-order valence-electron chi connectivity index (χ2n) is 10.2. The molecule has 0 aromatic carbocycles. The summed E-state index contributed by atoms with van der Waals surface area (Å²) in [4.78, 5) is 24.2. The minimum Gasteiger partial charge on any atom is -0.464 e. The molecule has 0 radical (unpaired) electrons. The van der Waals surface area contributed by atoms with Crippen molar-refractivity contribution in [1.29, 1.82) is 0 Å². The second kappa shape index (κ2) is 11.0. The van der Waals surface area contributed by atoms with Gasteiger partial charge >= 0.3 is 0 Å². The van der Waals surface area contributed by atoms with Crippen molar-refractivity contribution in [1.82, 2.24) is 14.9 Å². The Labute approximate surface area is 208 Å². The van der Waals surface area contributed by atoms with Crippen LogP contribution in [0.5, 0.6) is 5.19 Å². The Bertz CT molecular complexity index is 970. The summed E-state index contributed by atoms with van der Waals surface area (Å²) in [5.74, 6) is -1.40. The number of nitrogens with zero attached hydrogens (tertiary/aromatic N) is 3. The first-order chi connectivity index (χ1) is 16.6. The molecular formula is C25H34F3N3O3S. The number of hydrogen-bond acceptors (Lipinski definition) is 7. The molecule has 0 bridgehead atoms. The van der Waals surface area contributed by atoms with E-state index < -0.39 is 18.2 Å². The van der Waals surface area contributed by atoms with Crippen LogP contribution in [0.2, 0.25) is 0 Å². The van der Waals surface area contributed by atoms with Crippen molar-refractivity contribution in [3.63, 3.8) is 0 Å². The van der Waals surface area contributed by atoms with Gasteiger partial charge in [0.15, 0.2) is 6.61 Å². The molecule has 3 heterocycles. The number of fused-ring (bicyclic) bond motifs is 1. The van der Waals surface area contributed by atoms with Crippen LogP contribution >= 0.6 is 11.3 Å². The Kier molecular flexibility index (Phi) is 8.20. The second-order valence-corrected chi connectivity index (χ2v) is 11.2. The number of alkyl halides is 3. The van der Waals surface area contributed by atoms with Crippen LogP contribution in [0.1, 0.15) is 67.7 Å². The molecule has 2 aromatic heterocycles. The summed E-state index contributed by atoms with van der Waals surface area (Å²) in [6, 6.07) is 0. The summed E-state index contributed by atoms with van der Waals surface area (Å²) in [6.45, 7) is 4.22. The number of oxazole rings is 1. The van der Waals surface area contributed by atoms with Gasteiger partial charge in [0.1, 0.15) is 17.2 Å². The smallest absolute Gasteiger partial charge is 0.278 e. The maximum Gasteiger partial charge on any atom is 0.278 e. The fraction of sp³-hybridized carbons (Fsp3) is 0.720. The van der Waals surface area contributed by atoms with Crippen LogP contribution in [0.15, 0.2) is 10.6 Å². The van der Waals surface area contributed by atoms with E-state index in [2.05, 4.69) is 14.9 Å². The number of carbonyl (C=O) groups is 1. The molecule has 35 heavy (non-hydrogen) atoms. The Morgan fingerprint density at radius 2 is 2.06 bits per heavy atom. The zero-order chi connectivity index (χ0) is 25.1. The molecule has 0 N–H and O–H groups in total. The number of Topliss-reactive ketones (excluding diaryl/α,β-unsaturated/α-hetero) is 1. The van der Waals surface area contributed by atoms with Crippen LogP contribution < -0.4 is 4.74 Å². The molecule has 6 nitrogen and oxygen atoms in total. The number of halogens is 3. The van der Waals surface area contributed by atoms with Crippen LogP contribution in [0, 0.1) is 12.8 Å². The average molecular weight is 514 g/mol. The molecule has 0 atom stereocenters. The Hall–Kier alpha value is -1.94. The summed E-state index contributed by atoms with van der Waals surface area (Å²) >= 11 is 1.34. The largest absolute Gasteiger partial charge is 0.464 e. The molecule has 0 spiro atoms. The van der Waals surface area contributed by atoms with Crippen LogP contribution in [0.4, 0.5) is 13.2 Å². The molecule has 0 unspecified atom stereocenters. The number of hydrogen-bond donors (Lipinski definition) is 0. The lowest BCUT2D eigenvalue weighted by Crippen LogP contribution is -2.36. The lowest BCUT2D eigenvalue weighted by atomic mass is 9.76. The molecule has 1 fully saturated rings. The van der Waals surface area contributed by atoms with Gasteiger partial charge in [0.25, 0.3) is 11.1 Å². The molecule has 0 amide bonds. The van der Waals surface area contributed by atoms with E-state index >= 15 is 4.39 Å². The molecule has 2 aliphatic rings. The molecular weight excluding hydrogens is 479 g/mol. The van der Waals surface area contributed by atoms with Crippen molar-refractivity contribution in [3.05, 3.63) is 28.4 Å². The van der Waals surface area contributed by atoms with Gasteiger partial charge in [0.2, 0.25) is 5.89 Å². The Balaban J connectivity index is 1.17. The van der Waals surface area contributed by atoms with Crippen molar-refractivity contribution >= 4 is 17.1 Å². The van der Waals surface area contributed by atoms with Gasteiger partial charge in [-0.1, -0.05) is 11.3 Å². The predicted octanol–water partition coefficient (Wildman–Crippen LogP) is 5.36. The number of carbonyl (C=O) groups excluding carboxylic acids is 1. The summed E-state index contributed by atoms with van der Waals surface area (Å²) in [5, 5.41) is 0.304. The SMILES string of the molecule is Cc1cnc(CC(=O)CC2CCC(F)(CCN3CCc4nc(OCC(C)(F)F)sc4CC3)CC2)o1. The first-order valence-electron chi connectivity index (χ1n) is 12.4. The molecule has 1 aliphatic carbocycles. The summed E-state index contributed by atoms with van der Waals surface area (Å²) in [7, 11) is 0. The minimum absolute atomic E-state index is 0.103. The number of ketones is 1. The van der Waals surface area contributed by atoms with Crippen LogP contribution in [0.25, 0.3) is 0 Å². The average Bonchev–Trinajstić information content (AvgIpc) is 3.33. The van der Waals surface area contributed by atoms with E-state index in [1.165, 1.54) is 11.3 Å². The highest BCUT2D eigenvalue weighted by atomic mass is 32.1. The Morgan fingerprint density at radius 1 is 1.31 bits per heavy atom. The fourth-order valence-corrected chi connectivity index (χ4v) is 5.86. The van der Waals surface area contributed by atoms with E-state index in [4.69, 9.17) is 9.15 Å². The summed E-state index contributed by atoms with van der Waals surface area (Å²) < 4.78 is 52.1. The lowest BCUT2D eigenvalue weighted by Gasteiger charge is -2.35. The number of thiazole rings is 1. The number of ether oxygens (including phenoxy) is 1. The summed E-state index contributed by atoms with van der Waals surface area (Å²) in [5.41, 5.74) is -0.270. The van der Waals surface area contributed by atoms with E-state index in [1.807, 2.05) is 0 Å². The van der Waals surface area contributed by atoms with Gasteiger partial charge in [-0.25, -0.2) is 23.1 Å². The third-order valence-corrected chi connectivity index (χ3v) is 8.01. The quantitative estimate of drug-likeness (QED) is 0.426. The van der Waals surface area contributed by atoms with E-state index in [9.17, 15) is 13.6 Å². The number of aryl methyl sites for hydroxylation is 1. The van der Waals surface area contributed by atoms with E-state index in [0.29, 0.717) is 55.5 Å². The summed E-state index contributed by atoms with van der Waals surface area (Å²) in [6.07, 6.45) is 6.70. The van der Waals surface area contributed by atoms with Crippen LogP contribution in [-0.2, 0) is 24.1 Å². The predicted molar refractivity (Wildman–Crippen MR) is 127 cm³/mol. The highest BCUT2D eigenvalue weighted by Gasteiger charge is 2.36. The monoisotopic (exact) mass is 513 g/mol. The highest BCUT2D eigenvalue weighted by molar-refractivity contribution is 7.13. The number of aromatic nitrogens is 2. The highest BCUT2D eigenvalue weighted by Crippen LogP contribution is 2.39. The molecule has 10 heteroatoms. The first kappa shape index (κ1) is 26.1. The molecule has 194 valence electrons. The van der Waals surface area contributed by atoms with Gasteiger partial charge in [-0.2, -0.15) is 0 Å². The van der Waals surface area contributed by atoms with Crippen molar-refractivity contribution < 1.29 is 27.1 Å². The number of rotatable bonds is 10. The third kappa shape index (κ3) is 7.77. The minimum atomic E-state index is -2.88. The van der Waals surface area contributed by atoms with Crippen LogP contribution in [-0.4, -0.2) is 58.5 Å². The standard InChI is InChI=1S/C25H34F3N3O3S/c1-17-15-29-22(34-17)14-19(32)13-18-3-7-25(28,8-4-18)9-12-31-10-5-20-21(6-11-31)35-23(30-20)33-16-24(2,26)27/h15,18H,3-14,16H2,1-2H3. The van der Waals surface area contributed by atoms with Crippen LogP contribution in [0.3, 0.4) is 0 Å². The molecule has 1 aliphatic heterocycles. The van der Waals surface area contributed by atoms with E-state index in [-0.39, 0.29) is 18.1 Å². The third-order valence-electron chi connectivity index (χ3n) is 6.94. The van der Waals surface area contributed by atoms with E-state index in [0.717, 1.165) is 49.8 Å². The van der Waals surface area contributed by atoms with Crippen molar-refractivity contribution in [2.75, 3.05) is 26.2 Å². The maximum atomic E-state index is 15.5. The molecule has 2 aromatic rings. The van der Waals surface area contributed by atoms with Gasteiger partial charge in [0, 0.05) is 44.3 Å². The molecule has 4 rings (SSSR count). The van der Waals surface area contributed by atoms with Crippen molar-refractivity contribution in [2.45, 2.75) is 83.2 Å². The molecule has 1 saturated carbocycles. The zero-order valence-electron chi connectivity index (χ0n) is 20.5. The van der Waals surface area contributed by atoms with Crippen molar-refractivity contribution in [2.24, 2.45) is 5.92 Å². The normalized spacial score (nSPS) is 23.6. The van der Waals surface area contributed by atoms with Gasteiger partial charge in [-0.3, -0.25) is 4.79 Å². The first-order valence-corrected chi connectivity index (χ1v) is 13.2. The van der Waals surface area contributed by atoms with Crippen molar-refractivity contribution in [3.8, 4) is 5.19 Å². The Morgan fingerprint density at radius 3 is 2.74 bits per heavy atom. The van der Waals surface area contributed by atoms with Gasteiger partial charge in [-0.05, 0) is 51.4 Å². The maximum absolute atomic E-state index is 15.5. The van der Waals surface area contributed by atoms with Gasteiger partial charge in [0.05, 0.1) is 18.3 Å². The topological polar surface area (TPSA) is 68.5 Å². The zero-order valence-corrected chi connectivity index (χ0v) is 21.3. The van der Waals surface area contributed by atoms with Gasteiger partial charge in [-0.15, -0.1) is 0 Å². The lowest BCUT2D eigenvalue weighted by molar-refractivity contribution is -0.120. The van der Waals surface area contributed by atoms with E-state index in [1.54, 1.807) is 13.1 Å². The fourth-order valence-electron chi connectivity index (χ4n) is 4.91.